The number of unbranched alkanes of at least 4 members (excludes halogenated alkanes) is 3. The SMILES string of the molecule is CC1(C)C(=CC=CC2=[N+](CCCCCC(=O)O)c3ccc4cc(S(=O)(=O)[O-])ccc4c3C2(C)C)N(CCCCS(=O)(=O)[O-])c2ccc3cc(S(=O)(=O)[O-])ccc3c21.[Na+]. The van der Waals surface area contributed by atoms with Crippen LogP contribution in [0.25, 0.3) is 21.5 Å². The number of hydrogen-bond acceptors (Lipinski definition) is 11. The Balaban J connectivity index is 0.00000641. The molecule has 4 aromatic carbocycles. The summed E-state index contributed by atoms with van der Waals surface area (Å²) in [7, 11) is -13.8. The van der Waals surface area contributed by atoms with E-state index in [4.69, 9.17) is 5.11 Å². The fraction of sp³-hybridized carbons (Fsp3) is 0.366. The quantitative estimate of drug-likeness (QED) is 0.0789. The molecule has 4 aromatic rings. The monoisotopic (exact) mass is 859 g/mol. The number of benzene rings is 4. The van der Waals surface area contributed by atoms with Gasteiger partial charge >= 0.3 is 35.5 Å². The van der Waals surface area contributed by atoms with E-state index in [-0.39, 0.29) is 52.2 Å². The van der Waals surface area contributed by atoms with E-state index < -0.39 is 52.9 Å². The molecule has 0 amide bonds. The van der Waals surface area contributed by atoms with Gasteiger partial charge in [0.05, 0.1) is 25.3 Å². The third kappa shape index (κ3) is 9.30. The molecule has 0 aliphatic carbocycles. The van der Waals surface area contributed by atoms with Gasteiger partial charge in [-0.05, 0) is 109 Å². The Morgan fingerprint density at radius 2 is 1.33 bits per heavy atom. The maximum atomic E-state index is 11.9. The second-order valence-corrected chi connectivity index (χ2v) is 19.9. The largest absolute Gasteiger partial charge is 1.00 e. The van der Waals surface area contributed by atoms with E-state index in [0.29, 0.717) is 49.5 Å². The molecule has 17 heteroatoms. The van der Waals surface area contributed by atoms with Gasteiger partial charge in [0.15, 0.2) is 5.71 Å². The fourth-order valence-electron chi connectivity index (χ4n) is 8.44. The zero-order valence-corrected chi connectivity index (χ0v) is 37.5. The molecule has 0 atom stereocenters. The van der Waals surface area contributed by atoms with Crippen molar-refractivity contribution in [2.24, 2.45) is 0 Å². The van der Waals surface area contributed by atoms with Crippen LogP contribution in [0.3, 0.4) is 0 Å². The van der Waals surface area contributed by atoms with Crippen molar-refractivity contribution in [2.75, 3.05) is 23.7 Å². The topological polar surface area (TPSA) is 215 Å². The molecular formula is C41H44N2NaO11S3-. The smallest absolute Gasteiger partial charge is 0.748 e. The van der Waals surface area contributed by atoms with Crippen molar-refractivity contribution in [3.63, 3.8) is 0 Å². The number of fused-ring (bicyclic) bond motifs is 6. The Labute approximate surface area is 361 Å². The normalized spacial score (nSPS) is 17.0. The number of carboxylic acids is 1. The molecule has 2 heterocycles. The van der Waals surface area contributed by atoms with E-state index in [1.54, 1.807) is 24.3 Å². The molecule has 2 aliphatic heterocycles. The van der Waals surface area contributed by atoms with Gasteiger partial charge in [0, 0.05) is 59.6 Å². The molecule has 0 bridgehead atoms. The molecule has 13 nitrogen and oxygen atoms in total. The number of carboxylic acid groups (broad SMARTS) is 1. The summed E-state index contributed by atoms with van der Waals surface area (Å²) in [4.78, 5) is 12.6. The Bertz CT molecular complexity index is 2740. The molecule has 2 aliphatic rings. The van der Waals surface area contributed by atoms with Crippen molar-refractivity contribution in [2.45, 2.75) is 86.8 Å². The first-order valence-corrected chi connectivity index (χ1v) is 22.9. The summed E-state index contributed by atoms with van der Waals surface area (Å²) in [6.07, 6.45) is 8.45. The molecule has 0 saturated carbocycles. The predicted molar refractivity (Wildman–Crippen MR) is 214 cm³/mol. The Morgan fingerprint density at radius 3 is 1.90 bits per heavy atom. The summed E-state index contributed by atoms with van der Waals surface area (Å²) in [5, 5.41) is 11.9. The number of allylic oxidation sites excluding steroid dienone is 4. The van der Waals surface area contributed by atoms with Crippen LogP contribution < -0.4 is 34.5 Å². The van der Waals surface area contributed by atoms with Crippen LogP contribution in [0.5, 0.6) is 0 Å². The summed E-state index contributed by atoms with van der Waals surface area (Å²) in [5.41, 5.74) is 4.07. The van der Waals surface area contributed by atoms with Gasteiger partial charge < -0.3 is 23.7 Å². The molecule has 6 rings (SSSR count). The van der Waals surface area contributed by atoms with Gasteiger partial charge in [-0.3, -0.25) is 4.79 Å². The first-order valence-electron chi connectivity index (χ1n) is 18.5. The van der Waals surface area contributed by atoms with Crippen LogP contribution in [0.2, 0.25) is 0 Å². The third-order valence-electron chi connectivity index (χ3n) is 11.0. The summed E-state index contributed by atoms with van der Waals surface area (Å²) in [5.74, 6) is -1.35. The average Bonchev–Trinajstić information content (AvgIpc) is 3.46. The number of anilines is 1. The van der Waals surface area contributed by atoms with Gasteiger partial charge in [-0.2, -0.15) is 4.58 Å². The Kier molecular flexibility index (Phi) is 13.3. The minimum Gasteiger partial charge on any atom is -0.748 e. The summed E-state index contributed by atoms with van der Waals surface area (Å²) in [6.45, 7) is 9.14. The van der Waals surface area contributed by atoms with Crippen LogP contribution in [0, 0.1) is 0 Å². The summed E-state index contributed by atoms with van der Waals surface area (Å²) in [6, 6.07) is 15.9. The van der Waals surface area contributed by atoms with E-state index in [0.717, 1.165) is 44.7 Å². The van der Waals surface area contributed by atoms with E-state index >= 15 is 0 Å². The minimum atomic E-state index is -4.69. The van der Waals surface area contributed by atoms with Crippen molar-refractivity contribution < 1.29 is 82.9 Å². The second kappa shape index (κ2) is 16.9. The van der Waals surface area contributed by atoms with Crippen LogP contribution in [0.15, 0.2) is 94.4 Å². The van der Waals surface area contributed by atoms with E-state index in [2.05, 4.69) is 23.3 Å². The van der Waals surface area contributed by atoms with Crippen LogP contribution in [0.4, 0.5) is 11.4 Å². The fourth-order valence-corrected chi connectivity index (χ4v) is 10.0. The summed E-state index contributed by atoms with van der Waals surface area (Å²) >= 11 is 0. The van der Waals surface area contributed by atoms with Crippen LogP contribution in [-0.2, 0) is 46.0 Å². The van der Waals surface area contributed by atoms with Crippen LogP contribution >= 0.6 is 0 Å². The van der Waals surface area contributed by atoms with E-state index in [1.807, 2.05) is 44.2 Å². The Hall–Kier alpha value is -3.45. The van der Waals surface area contributed by atoms with Gasteiger partial charge in [0.2, 0.25) is 5.69 Å². The number of nitrogens with zero attached hydrogens (tertiary/aromatic N) is 2. The van der Waals surface area contributed by atoms with E-state index in [9.17, 15) is 43.7 Å². The van der Waals surface area contributed by atoms with Crippen molar-refractivity contribution >= 4 is 75.0 Å². The van der Waals surface area contributed by atoms with Gasteiger partial charge in [0.1, 0.15) is 26.8 Å². The van der Waals surface area contributed by atoms with Gasteiger partial charge in [-0.25, -0.2) is 25.3 Å². The Morgan fingerprint density at radius 1 is 0.741 bits per heavy atom. The first-order chi connectivity index (χ1) is 26.5. The predicted octanol–water partition coefficient (Wildman–Crippen LogP) is 3.39. The van der Waals surface area contributed by atoms with Gasteiger partial charge in [-0.15, -0.1) is 0 Å². The molecule has 0 unspecified atom stereocenters. The van der Waals surface area contributed by atoms with Crippen LogP contribution in [-0.4, -0.2) is 79.1 Å². The number of carbonyl (C=O) groups is 1. The van der Waals surface area contributed by atoms with Crippen molar-refractivity contribution in [3.05, 3.63) is 95.7 Å². The number of rotatable bonds is 15. The standard InChI is InChI=1S/C41H46N2O11S3.Na/c1-40(2)35(42(22-7-5-6-13-37(44)45)33-20-14-27-25-29(56(49,50)51)16-18-31(27)38(33)40)11-10-12-36-41(3,4)39-32-19-17-30(57(52,53)54)26-28(32)15-21-34(39)43(36)23-8-9-24-55(46,47)48;/h10-12,14-21,25-26H,5-9,13,22-24H2,1-4H3,(H3-,44,45,46,47,48,49,50,51,52,53,54);/q;+1/p-2. The van der Waals surface area contributed by atoms with Crippen molar-refractivity contribution in [1.29, 1.82) is 0 Å². The van der Waals surface area contributed by atoms with Crippen LogP contribution in [0.1, 0.15) is 77.3 Å². The van der Waals surface area contributed by atoms with Crippen molar-refractivity contribution in [3.8, 4) is 0 Å². The molecule has 0 fully saturated rings. The maximum absolute atomic E-state index is 11.9. The zero-order chi connectivity index (χ0) is 41.7. The number of aliphatic carboxylic acids is 1. The molecule has 0 radical (unpaired) electrons. The first kappa shape index (κ1) is 45.6. The second-order valence-electron chi connectivity index (χ2n) is 15.6. The minimum absolute atomic E-state index is 0. The van der Waals surface area contributed by atoms with Gasteiger partial charge in [-0.1, -0.05) is 38.1 Å². The molecule has 304 valence electrons. The zero-order valence-electron chi connectivity index (χ0n) is 33.0. The molecule has 58 heavy (non-hydrogen) atoms. The molecule has 0 saturated heterocycles. The van der Waals surface area contributed by atoms with Crippen molar-refractivity contribution in [1.82, 2.24) is 0 Å². The molecule has 1 N–H and O–H groups in total. The summed E-state index contributed by atoms with van der Waals surface area (Å²) < 4.78 is 107. The molecular weight excluding hydrogens is 816 g/mol. The van der Waals surface area contributed by atoms with Gasteiger partial charge in [0.25, 0.3) is 0 Å². The van der Waals surface area contributed by atoms with E-state index in [1.165, 1.54) is 24.3 Å². The maximum Gasteiger partial charge on any atom is 1.00 e. The average molecular weight is 860 g/mol. The third-order valence-corrected chi connectivity index (χ3v) is 13.5. The molecule has 0 aromatic heterocycles. The molecule has 0 spiro atoms. The number of hydrogen-bond donors (Lipinski definition) is 1.